The summed E-state index contributed by atoms with van der Waals surface area (Å²) in [5, 5.41) is 19.9. The van der Waals surface area contributed by atoms with E-state index in [-0.39, 0.29) is 23.5 Å². The van der Waals surface area contributed by atoms with Gasteiger partial charge in [0.15, 0.2) is 0 Å². The highest BCUT2D eigenvalue weighted by Crippen LogP contribution is 2.28. The van der Waals surface area contributed by atoms with Crippen molar-refractivity contribution in [2.45, 2.75) is 13.0 Å². The Morgan fingerprint density at radius 1 is 1.00 bits per heavy atom. The highest BCUT2D eigenvalue weighted by molar-refractivity contribution is 5.94. The fraction of sp³-hybridized carbons (Fsp3) is 0.303. The first-order chi connectivity index (χ1) is 21.5. The van der Waals surface area contributed by atoms with Crippen molar-refractivity contribution < 1.29 is 33.3 Å². The quantitative estimate of drug-likeness (QED) is 0.276. The van der Waals surface area contributed by atoms with Crippen LogP contribution in [0, 0.1) is 11.6 Å². The van der Waals surface area contributed by atoms with E-state index in [1.807, 2.05) is 4.90 Å². The molecular weight excluding hydrogens is 586 g/mol. The summed E-state index contributed by atoms with van der Waals surface area (Å²) in [6.45, 7) is 5.01. The molecule has 1 saturated heterocycles. The van der Waals surface area contributed by atoms with E-state index in [0.717, 1.165) is 6.07 Å². The van der Waals surface area contributed by atoms with Crippen LogP contribution in [0.2, 0.25) is 0 Å². The van der Waals surface area contributed by atoms with E-state index >= 15 is 4.39 Å². The van der Waals surface area contributed by atoms with Crippen LogP contribution in [0.15, 0.2) is 71.7 Å². The predicted molar refractivity (Wildman–Crippen MR) is 165 cm³/mol. The second-order valence-electron chi connectivity index (χ2n) is 11.0. The van der Waals surface area contributed by atoms with Crippen LogP contribution >= 0.6 is 0 Å². The lowest BCUT2D eigenvalue weighted by atomic mass is 10.1. The van der Waals surface area contributed by atoms with E-state index < -0.39 is 34.7 Å². The van der Waals surface area contributed by atoms with E-state index in [9.17, 15) is 29.0 Å². The number of fused-ring (bicyclic) bond motifs is 1. The number of carboxylic acids is 1. The SMILES string of the molecule is CC(=O)N(C)C[C@H](O)c1ccc(OCCN2CCN(c3cc4c(cc3F)c(=O)c(C(=O)O)cn4-c3ccc(F)cc3)CC2)cc1. The van der Waals surface area contributed by atoms with Gasteiger partial charge in [0.2, 0.25) is 11.3 Å². The Balaban J connectivity index is 1.23. The van der Waals surface area contributed by atoms with Crippen molar-refractivity contribution in [1.29, 1.82) is 0 Å². The van der Waals surface area contributed by atoms with Crippen LogP contribution in [0.5, 0.6) is 5.75 Å². The van der Waals surface area contributed by atoms with Crippen molar-refractivity contribution in [1.82, 2.24) is 14.4 Å². The number of pyridine rings is 1. The molecule has 2 N–H and O–H groups in total. The van der Waals surface area contributed by atoms with Crippen LogP contribution in [-0.2, 0) is 4.79 Å². The highest BCUT2D eigenvalue weighted by Gasteiger charge is 2.23. The van der Waals surface area contributed by atoms with Gasteiger partial charge in [-0.1, -0.05) is 12.1 Å². The molecule has 1 fully saturated rings. The minimum Gasteiger partial charge on any atom is -0.492 e. The molecule has 0 aliphatic carbocycles. The summed E-state index contributed by atoms with van der Waals surface area (Å²) in [6, 6.07) is 15.1. The lowest BCUT2D eigenvalue weighted by molar-refractivity contribution is -0.128. The van der Waals surface area contributed by atoms with Gasteiger partial charge in [-0.25, -0.2) is 13.6 Å². The van der Waals surface area contributed by atoms with Crippen molar-refractivity contribution in [3.05, 3.63) is 99.8 Å². The van der Waals surface area contributed by atoms with Gasteiger partial charge in [0.05, 0.1) is 23.9 Å². The molecular formula is C33H34F2N4O6. The molecule has 3 aromatic carbocycles. The van der Waals surface area contributed by atoms with E-state index in [1.165, 1.54) is 46.9 Å². The van der Waals surface area contributed by atoms with Crippen LogP contribution in [-0.4, -0.2) is 89.4 Å². The molecule has 5 rings (SSSR count). The van der Waals surface area contributed by atoms with Gasteiger partial charge in [-0.15, -0.1) is 0 Å². The van der Waals surface area contributed by atoms with Crippen LogP contribution in [0.25, 0.3) is 16.6 Å². The molecule has 1 aromatic heterocycles. The molecule has 4 aromatic rings. The van der Waals surface area contributed by atoms with E-state index in [1.54, 1.807) is 37.4 Å². The minimum absolute atomic E-state index is 0.0813. The van der Waals surface area contributed by atoms with Crippen LogP contribution in [0.4, 0.5) is 14.5 Å². The maximum Gasteiger partial charge on any atom is 0.341 e. The fourth-order valence-corrected chi connectivity index (χ4v) is 5.33. The third-order valence-corrected chi connectivity index (χ3v) is 8.05. The van der Waals surface area contributed by atoms with Gasteiger partial charge in [0, 0.05) is 64.0 Å². The fourth-order valence-electron chi connectivity index (χ4n) is 5.33. The second kappa shape index (κ2) is 13.4. The van der Waals surface area contributed by atoms with Gasteiger partial charge in [0.25, 0.3) is 0 Å². The number of aromatic nitrogens is 1. The number of benzene rings is 3. The van der Waals surface area contributed by atoms with Gasteiger partial charge < -0.3 is 29.3 Å². The Hall–Kier alpha value is -4.81. The molecule has 1 amide bonds. The predicted octanol–water partition coefficient (Wildman–Crippen LogP) is 3.68. The number of rotatable bonds is 10. The Morgan fingerprint density at radius 3 is 2.29 bits per heavy atom. The summed E-state index contributed by atoms with van der Waals surface area (Å²) in [7, 11) is 1.63. The second-order valence-corrected chi connectivity index (χ2v) is 11.0. The molecule has 2 heterocycles. The maximum atomic E-state index is 15.4. The van der Waals surface area contributed by atoms with E-state index in [0.29, 0.717) is 61.8 Å². The smallest absolute Gasteiger partial charge is 0.341 e. The van der Waals surface area contributed by atoms with Crippen LogP contribution < -0.4 is 15.1 Å². The molecule has 0 spiro atoms. The lowest BCUT2D eigenvalue weighted by Gasteiger charge is -2.36. The summed E-state index contributed by atoms with van der Waals surface area (Å²) in [5.41, 5.74) is 0.405. The number of carbonyl (C=O) groups is 2. The third kappa shape index (κ3) is 7.13. The molecule has 1 atom stereocenters. The average Bonchev–Trinajstić information content (AvgIpc) is 3.02. The number of likely N-dealkylation sites (N-methyl/N-ethyl adjacent to an activating group) is 1. The number of amides is 1. The van der Waals surface area contributed by atoms with Gasteiger partial charge in [-0.2, -0.15) is 0 Å². The number of aliphatic hydroxyl groups is 1. The minimum atomic E-state index is -1.44. The highest BCUT2D eigenvalue weighted by atomic mass is 19.1. The maximum absolute atomic E-state index is 15.4. The molecule has 1 aliphatic heterocycles. The number of ether oxygens (including phenoxy) is 1. The standard InChI is InChI=1S/C33H34F2N4O6/c1-21(40)36(2)20-31(41)22-3-9-25(10-4-22)45-16-15-37-11-13-38(14-12-37)30-18-29-26(17-28(30)35)32(42)27(33(43)44)19-39(29)24-7-5-23(34)6-8-24/h3-10,17-19,31,41H,11-16,20H2,1-2H3,(H,43,44)/t31-/m0/s1. The topological polar surface area (TPSA) is 116 Å². The number of piperazine rings is 1. The molecule has 236 valence electrons. The first-order valence-electron chi connectivity index (χ1n) is 14.5. The summed E-state index contributed by atoms with van der Waals surface area (Å²) >= 11 is 0. The Labute approximate surface area is 258 Å². The summed E-state index contributed by atoms with van der Waals surface area (Å²) < 4.78 is 36.4. The normalized spacial score (nSPS) is 14.4. The Morgan fingerprint density at radius 2 is 1.67 bits per heavy atom. The summed E-state index contributed by atoms with van der Waals surface area (Å²) in [4.78, 5) is 41.6. The monoisotopic (exact) mass is 620 g/mol. The first-order valence-corrected chi connectivity index (χ1v) is 14.5. The van der Waals surface area contributed by atoms with Crippen molar-refractivity contribution in [2.24, 2.45) is 0 Å². The number of hydrogen-bond acceptors (Lipinski definition) is 7. The van der Waals surface area contributed by atoms with Crippen molar-refractivity contribution in [2.75, 3.05) is 57.8 Å². The molecule has 45 heavy (non-hydrogen) atoms. The number of carboxylic acid groups (broad SMARTS) is 1. The van der Waals surface area contributed by atoms with Gasteiger partial charge >= 0.3 is 5.97 Å². The molecule has 0 saturated carbocycles. The average molecular weight is 621 g/mol. The van der Waals surface area contributed by atoms with Crippen molar-refractivity contribution in [3.8, 4) is 11.4 Å². The Bertz CT molecular complexity index is 1750. The summed E-state index contributed by atoms with van der Waals surface area (Å²) in [5.74, 6) is -2.01. The zero-order valence-electron chi connectivity index (χ0n) is 25.0. The zero-order valence-corrected chi connectivity index (χ0v) is 25.0. The molecule has 1 aliphatic rings. The van der Waals surface area contributed by atoms with E-state index in [4.69, 9.17) is 4.74 Å². The first kappa shape index (κ1) is 31.6. The number of aliphatic hydroxyl groups excluding tert-OH is 1. The molecule has 0 unspecified atom stereocenters. The van der Waals surface area contributed by atoms with Crippen LogP contribution in [0.3, 0.4) is 0 Å². The zero-order chi connectivity index (χ0) is 32.2. The van der Waals surface area contributed by atoms with Crippen LogP contribution in [0.1, 0.15) is 28.9 Å². The number of aromatic carboxylic acids is 1. The lowest BCUT2D eigenvalue weighted by Crippen LogP contribution is -2.47. The third-order valence-electron chi connectivity index (χ3n) is 8.05. The summed E-state index contributed by atoms with van der Waals surface area (Å²) in [6.07, 6.45) is 0.386. The molecule has 10 nitrogen and oxygen atoms in total. The Kier molecular flexibility index (Phi) is 9.45. The molecule has 0 bridgehead atoms. The van der Waals surface area contributed by atoms with Gasteiger partial charge in [0.1, 0.15) is 29.6 Å². The number of nitrogens with zero attached hydrogens (tertiary/aromatic N) is 4. The number of halogens is 2. The number of hydrogen-bond donors (Lipinski definition) is 2. The number of carbonyl (C=O) groups excluding carboxylic acids is 1. The largest absolute Gasteiger partial charge is 0.492 e. The van der Waals surface area contributed by atoms with Crippen molar-refractivity contribution in [3.63, 3.8) is 0 Å². The number of anilines is 1. The van der Waals surface area contributed by atoms with E-state index in [2.05, 4.69) is 4.90 Å². The van der Waals surface area contributed by atoms with Crippen molar-refractivity contribution >= 4 is 28.5 Å². The van der Waals surface area contributed by atoms with Gasteiger partial charge in [-0.3, -0.25) is 14.5 Å². The molecule has 0 radical (unpaired) electrons. The molecule has 12 heteroatoms. The van der Waals surface area contributed by atoms with Gasteiger partial charge in [-0.05, 0) is 54.1 Å².